The number of aromatic nitrogens is 2. The van der Waals surface area contributed by atoms with Crippen molar-refractivity contribution in [3.05, 3.63) is 29.8 Å². The van der Waals surface area contributed by atoms with E-state index in [4.69, 9.17) is 5.73 Å². The molecule has 1 aliphatic rings. The van der Waals surface area contributed by atoms with Crippen molar-refractivity contribution in [1.29, 1.82) is 0 Å². The minimum Gasteiger partial charge on any atom is -0.323 e. The molecule has 0 unspecified atom stereocenters. The highest BCUT2D eigenvalue weighted by Gasteiger charge is 2.32. The first-order valence-corrected chi connectivity index (χ1v) is 5.93. The van der Waals surface area contributed by atoms with E-state index < -0.39 is 5.54 Å². The van der Waals surface area contributed by atoms with Crippen LogP contribution in [-0.4, -0.2) is 9.55 Å². The first-order valence-electron chi connectivity index (χ1n) is 5.93. The Bertz CT molecular complexity index is 576. The van der Waals surface area contributed by atoms with Gasteiger partial charge in [0.15, 0.2) is 0 Å². The van der Waals surface area contributed by atoms with E-state index in [1.165, 1.54) is 12.1 Å². The van der Waals surface area contributed by atoms with Gasteiger partial charge in [-0.2, -0.15) is 0 Å². The molecule has 1 aliphatic carbocycles. The van der Waals surface area contributed by atoms with Crippen molar-refractivity contribution >= 4 is 11.0 Å². The van der Waals surface area contributed by atoms with Gasteiger partial charge in [-0.05, 0) is 38.8 Å². The molecule has 2 N–H and O–H groups in total. The van der Waals surface area contributed by atoms with E-state index in [0.29, 0.717) is 11.6 Å². The monoisotopic (exact) mass is 233 g/mol. The normalized spacial score (nSPS) is 16.7. The van der Waals surface area contributed by atoms with Gasteiger partial charge in [0.05, 0.1) is 16.6 Å². The molecule has 1 aromatic heterocycles. The van der Waals surface area contributed by atoms with Crippen LogP contribution in [0.15, 0.2) is 18.2 Å². The lowest BCUT2D eigenvalue weighted by Gasteiger charge is -2.20. The first kappa shape index (κ1) is 10.7. The summed E-state index contributed by atoms with van der Waals surface area (Å²) >= 11 is 0. The maximum absolute atomic E-state index is 13.2. The molecule has 1 aromatic carbocycles. The molecule has 0 atom stereocenters. The van der Waals surface area contributed by atoms with Crippen molar-refractivity contribution in [3.63, 3.8) is 0 Å². The van der Waals surface area contributed by atoms with E-state index in [1.54, 1.807) is 6.07 Å². The number of fused-ring (bicyclic) bond motifs is 1. The molecule has 1 fully saturated rings. The summed E-state index contributed by atoms with van der Waals surface area (Å²) in [7, 11) is 0. The number of halogens is 1. The molecule has 4 heteroatoms. The number of benzene rings is 1. The predicted molar refractivity (Wildman–Crippen MR) is 65.2 cm³/mol. The van der Waals surface area contributed by atoms with Crippen molar-refractivity contribution in [1.82, 2.24) is 9.55 Å². The van der Waals surface area contributed by atoms with Crippen LogP contribution in [0.5, 0.6) is 0 Å². The third kappa shape index (κ3) is 1.72. The zero-order valence-corrected chi connectivity index (χ0v) is 10.1. The topological polar surface area (TPSA) is 43.8 Å². The Balaban J connectivity index is 2.30. The van der Waals surface area contributed by atoms with Gasteiger partial charge in [0, 0.05) is 12.1 Å². The minimum absolute atomic E-state index is 0.251. The third-order valence-electron chi connectivity index (χ3n) is 3.14. The predicted octanol–water partition coefficient (Wildman–Crippen LogP) is 2.70. The van der Waals surface area contributed by atoms with Crippen LogP contribution in [0.25, 0.3) is 11.0 Å². The molecule has 90 valence electrons. The first-order chi connectivity index (χ1) is 7.97. The SMILES string of the molecule is CC(C)(N)c1nc2cc(F)ccc2n1C1CC1. The molecule has 0 spiro atoms. The molecule has 0 aliphatic heterocycles. The van der Waals surface area contributed by atoms with E-state index in [-0.39, 0.29) is 5.82 Å². The number of rotatable bonds is 2. The molecule has 17 heavy (non-hydrogen) atoms. The number of nitrogens with two attached hydrogens (primary N) is 1. The van der Waals surface area contributed by atoms with Crippen LogP contribution in [0.1, 0.15) is 38.6 Å². The van der Waals surface area contributed by atoms with Crippen LogP contribution < -0.4 is 5.73 Å². The van der Waals surface area contributed by atoms with Gasteiger partial charge in [-0.3, -0.25) is 0 Å². The van der Waals surface area contributed by atoms with Gasteiger partial charge in [0.25, 0.3) is 0 Å². The van der Waals surface area contributed by atoms with Gasteiger partial charge in [0.2, 0.25) is 0 Å². The molecule has 1 saturated carbocycles. The summed E-state index contributed by atoms with van der Waals surface area (Å²) in [6, 6.07) is 5.24. The molecule has 1 heterocycles. The smallest absolute Gasteiger partial charge is 0.129 e. The third-order valence-corrected chi connectivity index (χ3v) is 3.14. The van der Waals surface area contributed by atoms with Crippen LogP contribution in [0.4, 0.5) is 4.39 Å². The van der Waals surface area contributed by atoms with Gasteiger partial charge in [-0.15, -0.1) is 0 Å². The summed E-state index contributed by atoms with van der Waals surface area (Å²) in [5, 5.41) is 0. The van der Waals surface area contributed by atoms with E-state index >= 15 is 0 Å². The van der Waals surface area contributed by atoms with E-state index in [0.717, 1.165) is 24.2 Å². The van der Waals surface area contributed by atoms with Gasteiger partial charge in [0.1, 0.15) is 11.6 Å². The number of imidazole rings is 1. The quantitative estimate of drug-likeness (QED) is 0.866. The fourth-order valence-electron chi connectivity index (χ4n) is 2.23. The largest absolute Gasteiger partial charge is 0.323 e. The Labute approximate surface area is 99.4 Å². The Morgan fingerprint density at radius 2 is 2.12 bits per heavy atom. The second kappa shape index (κ2) is 3.29. The summed E-state index contributed by atoms with van der Waals surface area (Å²) in [6.07, 6.45) is 2.32. The summed E-state index contributed by atoms with van der Waals surface area (Å²) < 4.78 is 15.4. The summed E-state index contributed by atoms with van der Waals surface area (Å²) in [5.41, 5.74) is 7.33. The van der Waals surface area contributed by atoms with Crippen molar-refractivity contribution in [2.45, 2.75) is 38.3 Å². The Morgan fingerprint density at radius 1 is 1.41 bits per heavy atom. The standard InChI is InChI=1S/C13H16FN3/c1-13(2,15)12-16-10-7-8(14)3-6-11(10)17(12)9-4-5-9/h3,6-7,9H,4-5,15H2,1-2H3. The molecule has 3 nitrogen and oxygen atoms in total. The highest BCUT2D eigenvalue weighted by molar-refractivity contribution is 5.76. The average molecular weight is 233 g/mol. The Hall–Kier alpha value is -1.42. The number of hydrogen-bond donors (Lipinski definition) is 1. The zero-order chi connectivity index (χ0) is 12.2. The maximum atomic E-state index is 13.2. The fraction of sp³-hybridized carbons (Fsp3) is 0.462. The summed E-state index contributed by atoms with van der Waals surface area (Å²) in [4.78, 5) is 4.50. The Morgan fingerprint density at radius 3 is 2.71 bits per heavy atom. The van der Waals surface area contributed by atoms with Crippen molar-refractivity contribution in [2.75, 3.05) is 0 Å². The summed E-state index contributed by atoms with van der Waals surface area (Å²) in [6.45, 7) is 3.87. The van der Waals surface area contributed by atoms with Crippen LogP contribution >= 0.6 is 0 Å². The van der Waals surface area contributed by atoms with E-state index in [9.17, 15) is 4.39 Å². The lowest BCUT2D eigenvalue weighted by molar-refractivity contribution is 0.482. The van der Waals surface area contributed by atoms with Crippen molar-refractivity contribution in [3.8, 4) is 0 Å². The van der Waals surface area contributed by atoms with Crippen LogP contribution in [0.3, 0.4) is 0 Å². The van der Waals surface area contributed by atoms with E-state index in [2.05, 4.69) is 9.55 Å². The molecule has 0 amide bonds. The lowest BCUT2D eigenvalue weighted by atomic mass is 10.1. The molecule has 0 bridgehead atoms. The van der Waals surface area contributed by atoms with Crippen LogP contribution in [0, 0.1) is 5.82 Å². The molecular weight excluding hydrogens is 217 g/mol. The van der Waals surface area contributed by atoms with Gasteiger partial charge in [-0.1, -0.05) is 0 Å². The average Bonchev–Trinajstić information content (AvgIpc) is 2.97. The maximum Gasteiger partial charge on any atom is 0.129 e. The van der Waals surface area contributed by atoms with Crippen molar-refractivity contribution in [2.24, 2.45) is 5.73 Å². The van der Waals surface area contributed by atoms with Crippen LogP contribution in [0.2, 0.25) is 0 Å². The van der Waals surface area contributed by atoms with Gasteiger partial charge in [-0.25, -0.2) is 9.37 Å². The van der Waals surface area contributed by atoms with Crippen molar-refractivity contribution < 1.29 is 4.39 Å². The van der Waals surface area contributed by atoms with Gasteiger partial charge >= 0.3 is 0 Å². The highest BCUT2D eigenvalue weighted by atomic mass is 19.1. The fourth-order valence-corrected chi connectivity index (χ4v) is 2.23. The van der Waals surface area contributed by atoms with Crippen LogP contribution in [-0.2, 0) is 5.54 Å². The minimum atomic E-state index is -0.502. The van der Waals surface area contributed by atoms with Gasteiger partial charge < -0.3 is 10.3 Å². The second-order valence-electron chi connectivity index (χ2n) is 5.39. The molecule has 2 aromatic rings. The molecule has 0 radical (unpaired) electrons. The number of hydrogen-bond acceptors (Lipinski definition) is 2. The number of nitrogens with zero attached hydrogens (tertiary/aromatic N) is 2. The molecular formula is C13H16FN3. The second-order valence-corrected chi connectivity index (χ2v) is 5.39. The highest BCUT2D eigenvalue weighted by Crippen LogP contribution is 2.40. The summed E-state index contributed by atoms with van der Waals surface area (Å²) in [5.74, 6) is 0.597. The molecule has 0 saturated heterocycles. The lowest BCUT2D eigenvalue weighted by Crippen LogP contribution is -2.32. The van der Waals surface area contributed by atoms with E-state index in [1.807, 2.05) is 13.8 Å². The molecule has 3 rings (SSSR count). The Kier molecular flexibility index (Phi) is 2.08. The zero-order valence-electron chi connectivity index (χ0n) is 10.1.